The lowest BCUT2D eigenvalue weighted by Gasteiger charge is -2.11. The zero-order valence-corrected chi connectivity index (χ0v) is 20.2. The van der Waals surface area contributed by atoms with Gasteiger partial charge in [-0.25, -0.2) is 0 Å². The fraction of sp³-hybridized carbons (Fsp3) is 0.333. The molecule has 0 bridgehead atoms. The van der Waals surface area contributed by atoms with Gasteiger partial charge in [0.15, 0.2) is 16.7 Å². The van der Waals surface area contributed by atoms with Crippen LogP contribution in [0.4, 0.5) is 0 Å². The maximum atomic E-state index is 12.9. The summed E-state index contributed by atoms with van der Waals surface area (Å²) < 4.78 is 14.1. The second-order valence-corrected chi connectivity index (χ2v) is 8.61. The van der Waals surface area contributed by atoms with Crippen molar-refractivity contribution in [1.29, 1.82) is 0 Å². The number of fused-ring (bicyclic) bond motifs is 3. The van der Waals surface area contributed by atoms with Gasteiger partial charge in [0.05, 0.1) is 30.9 Å². The first kappa shape index (κ1) is 23.6. The number of nitrogens with zero attached hydrogens (tertiary/aromatic N) is 4. The molecule has 4 rings (SSSR count). The Bertz CT molecular complexity index is 1380. The van der Waals surface area contributed by atoms with Gasteiger partial charge in [0.25, 0.3) is 5.56 Å². The number of carbonyl (C=O) groups excluding carboxylic acids is 1. The Labute approximate surface area is 201 Å². The standard InChI is InChI=1S/C24H27N5O4S/c1-4-13-28-22(31)17-7-5-6-8-18(17)29-23(28)26-27-24(29)34-15-21(30)25-12-11-16-9-10-19(32-2)20(14-16)33-3/h5-10,14H,4,11-13,15H2,1-3H3,(H,25,30). The molecule has 0 saturated carbocycles. The summed E-state index contributed by atoms with van der Waals surface area (Å²) in [6.45, 7) is 3.05. The first-order valence-corrected chi connectivity index (χ1v) is 12.0. The number of aromatic nitrogens is 4. The van der Waals surface area contributed by atoms with Crippen LogP contribution in [0.15, 0.2) is 52.4 Å². The molecule has 0 aliphatic heterocycles. The minimum absolute atomic E-state index is 0.0817. The van der Waals surface area contributed by atoms with E-state index in [0.717, 1.165) is 17.5 Å². The van der Waals surface area contributed by atoms with Crippen molar-refractivity contribution in [3.8, 4) is 11.5 Å². The fourth-order valence-corrected chi connectivity index (χ4v) is 4.59. The SMILES string of the molecule is CCCn1c(=O)c2ccccc2n2c(SCC(=O)NCCc3ccc(OC)c(OC)c3)nnc12. The van der Waals surface area contributed by atoms with Crippen molar-refractivity contribution >= 4 is 34.3 Å². The highest BCUT2D eigenvalue weighted by Gasteiger charge is 2.17. The lowest BCUT2D eigenvalue weighted by molar-refractivity contribution is -0.118. The van der Waals surface area contributed by atoms with Crippen molar-refractivity contribution in [1.82, 2.24) is 24.5 Å². The molecule has 0 spiro atoms. The van der Waals surface area contributed by atoms with E-state index in [-0.39, 0.29) is 17.2 Å². The van der Waals surface area contributed by atoms with Gasteiger partial charge in [0.2, 0.25) is 11.7 Å². The van der Waals surface area contributed by atoms with Crippen LogP contribution in [-0.2, 0) is 17.8 Å². The number of ether oxygens (including phenoxy) is 2. The maximum absolute atomic E-state index is 12.9. The number of thioether (sulfide) groups is 1. The highest BCUT2D eigenvalue weighted by Crippen LogP contribution is 2.27. The summed E-state index contributed by atoms with van der Waals surface area (Å²) in [6.07, 6.45) is 1.46. The molecule has 0 fully saturated rings. The van der Waals surface area contributed by atoms with Gasteiger partial charge in [-0.1, -0.05) is 36.9 Å². The van der Waals surface area contributed by atoms with Crippen LogP contribution in [0.3, 0.4) is 0 Å². The van der Waals surface area contributed by atoms with E-state index in [1.54, 1.807) is 24.9 Å². The van der Waals surface area contributed by atoms with Crippen LogP contribution in [0.25, 0.3) is 16.7 Å². The molecule has 178 valence electrons. The average molecular weight is 482 g/mol. The fourth-order valence-electron chi connectivity index (χ4n) is 3.82. The Morgan fingerprint density at radius 3 is 2.65 bits per heavy atom. The number of hydrogen-bond acceptors (Lipinski definition) is 7. The van der Waals surface area contributed by atoms with Crippen molar-refractivity contribution in [2.24, 2.45) is 0 Å². The normalized spacial score (nSPS) is 11.1. The van der Waals surface area contributed by atoms with Gasteiger partial charge in [-0.3, -0.25) is 18.6 Å². The van der Waals surface area contributed by atoms with Gasteiger partial charge < -0.3 is 14.8 Å². The number of nitrogens with one attached hydrogen (secondary N) is 1. The highest BCUT2D eigenvalue weighted by molar-refractivity contribution is 7.99. The molecule has 0 atom stereocenters. The molecule has 4 aromatic rings. The molecule has 0 aliphatic rings. The molecule has 9 nitrogen and oxygen atoms in total. The molecule has 10 heteroatoms. The Morgan fingerprint density at radius 2 is 1.88 bits per heavy atom. The zero-order valence-electron chi connectivity index (χ0n) is 19.4. The second kappa shape index (κ2) is 10.6. The predicted molar refractivity (Wildman–Crippen MR) is 132 cm³/mol. The number of hydrogen-bond donors (Lipinski definition) is 1. The summed E-state index contributed by atoms with van der Waals surface area (Å²) in [5, 5.41) is 12.7. The Balaban J connectivity index is 1.45. The number of aryl methyl sites for hydroxylation is 1. The Hall–Kier alpha value is -3.53. The van der Waals surface area contributed by atoms with Crippen LogP contribution < -0.4 is 20.3 Å². The number of benzene rings is 2. The zero-order chi connectivity index (χ0) is 24.1. The average Bonchev–Trinajstić information content (AvgIpc) is 3.29. The minimum atomic E-state index is -0.103. The van der Waals surface area contributed by atoms with Gasteiger partial charge in [0.1, 0.15) is 0 Å². The molecule has 0 unspecified atom stereocenters. The highest BCUT2D eigenvalue weighted by atomic mass is 32.2. The van der Waals surface area contributed by atoms with Crippen LogP contribution in [0, 0.1) is 0 Å². The third kappa shape index (κ3) is 4.72. The van der Waals surface area contributed by atoms with Crippen molar-refractivity contribution in [2.45, 2.75) is 31.5 Å². The second-order valence-electron chi connectivity index (χ2n) is 7.67. The van der Waals surface area contributed by atoms with E-state index >= 15 is 0 Å². The van der Waals surface area contributed by atoms with Crippen LogP contribution in [-0.4, -0.2) is 51.6 Å². The van der Waals surface area contributed by atoms with Gasteiger partial charge in [-0.05, 0) is 42.7 Å². The number of para-hydroxylation sites is 1. The van der Waals surface area contributed by atoms with Crippen LogP contribution in [0.5, 0.6) is 11.5 Å². The van der Waals surface area contributed by atoms with Crippen LogP contribution in [0.1, 0.15) is 18.9 Å². The minimum Gasteiger partial charge on any atom is -0.493 e. The Morgan fingerprint density at radius 1 is 1.09 bits per heavy atom. The molecule has 2 heterocycles. The van der Waals surface area contributed by atoms with E-state index in [0.29, 0.717) is 47.3 Å². The van der Waals surface area contributed by atoms with E-state index in [2.05, 4.69) is 15.5 Å². The lowest BCUT2D eigenvalue weighted by atomic mass is 10.1. The lowest BCUT2D eigenvalue weighted by Crippen LogP contribution is -2.27. The quantitative estimate of drug-likeness (QED) is 0.348. The topological polar surface area (TPSA) is 99.8 Å². The summed E-state index contributed by atoms with van der Waals surface area (Å²) in [5.74, 6) is 1.90. The number of amides is 1. The third-order valence-electron chi connectivity index (χ3n) is 5.44. The summed E-state index contributed by atoms with van der Waals surface area (Å²) >= 11 is 1.29. The molecule has 0 aliphatic carbocycles. The molecule has 2 aromatic carbocycles. The molecule has 1 N–H and O–H groups in total. The van der Waals surface area contributed by atoms with Crippen molar-refractivity contribution in [2.75, 3.05) is 26.5 Å². The predicted octanol–water partition coefficient (Wildman–Crippen LogP) is 2.92. The molecule has 2 aromatic heterocycles. The molecule has 34 heavy (non-hydrogen) atoms. The molecule has 0 radical (unpaired) electrons. The summed E-state index contributed by atoms with van der Waals surface area (Å²) in [4.78, 5) is 25.4. The van der Waals surface area contributed by atoms with Crippen LogP contribution >= 0.6 is 11.8 Å². The Kier molecular flexibility index (Phi) is 7.36. The molecule has 0 saturated heterocycles. The van der Waals surface area contributed by atoms with E-state index in [9.17, 15) is 9.59 Å². The first-order chi connectivity index (χ1) is 16.6. The summed E-state index contributed by atoms with van der Waals surface area (Å²) in [5.41, 5.74) is 1.69. The molecule has 1 amide bonds. The summed E-state index contributed by atoms with van der Waals surface area (Å²) in [7, 11) is 3.19. The van der Waals surface area contributed by atoms with Gasteiger partial charge in [-0.15, -0.1) is 10.2 Å². The molecular formula is C24H27N5O4S. The van der Waals surface area contributed by atoms with E-state index in [1.807, 2.05) is 47.7 Å². The van der Waals surface area contributed by atoms with Crippen molar-refractivity contribution in [3.05, 3.63) is 58.4 Å². The maximum Gasteiger partial charge on any atom is 0.262 e. The number of methoxy groups -OCH3 is 2. The number of carbonyl (C=O) groups is 1. The summed E-state index contributed by atoms with van der Waals surface area (Å²) in [6, 6.07) is 13.1. The van der Waals surface area contributed by atoms with Crippen molar-refractivity contribution < 1.29 is 14.3 Å². The van der Waals surface area contributed by atoms with E-state index in [1.165, 1.54) is 11.8 Å². The number of rotatable bonds is 10. The smallest absolute Gasteiger partial charge is 0.262 e. The van der Waals surface area contributed by atoms with Gasteiger partial charge in [-0.2, -0.15) is 0 Å². The first-order valence-electron chi connectivity index (χ1n) is 11.0. The van der Waals surface area contributed by atoms with Crippen molar-refractivity contribution in [3.63, 3.8) is 0 Å². The van der Waals surface area contributed by atoms with E-state index in [4.69, 9.17) is 9.47 Å². The monoisotopic (exact) mass is 481 g/mol. The van der Waals surface area contributed by atoms with Gasteiger partial charge in [0, 0.05) is 13.1 Å². The molecular weight excluding hydrogens is 454 g/mol. The van der Waals surface area contributed by atoms with Crippen LogP contribution in [0.2, 0.25) is 0 Å². The largest absolute Gasteiger partial charge is 0.493 e. The van der Waals surface area contributed by atoms with E-state index < -0.39 is 0 Å². The van der Waals surface area contributed by atoms with Gasteiger partial charge >= 0.3 is 0 Å². The third-order valence-corrected chi connectivity index (χ3v) is 6.37.